The molecule has 1 aromatic heterocycles. The first kappa shape index (κ1) is 10.2. The van der Waals surface area contributed by atoms with Crippen molar-refractivity contribution in [1.29, 1.82) is 0 Å². The molecule has 15 heavy (non-hydrogen) atoms. The standard InChI is InChI=1S/C11H15NO3/c1-8-4-5-12(7-9(8)13)11(14)10-3-2-6-15-10/h2-3,6,8-9,13H,4-5,7H2,1H3. The largest absolute Gasteiger partial charge is 0.459 e. The van der Waals surface area contributed by atoms with Gasteiger partial charge in [-0.05, 0) is 24.5 Å². The van der Waals surface area contributed by atoms with Gasteiger partial charge in [0, 0.05) is 13.1 Å². The molecule has 1 amide bonds. The van der Waals surface area contributed by atoms with Gasteiger partial charge in [-0.25, -0.2) is 0 Å². The Hall–Kier alpha value is -1.29. The number of piperidine rings is 1. The maximum absolute atomic E-state index is 11.8. The van der Waals surface area contributed by atoms with E-state index in [0.29, 0.717) is 18.8 Å². The first-order valence-electron chi connectivity index (χ1n) is 5.19. The summed E-state index contributed by atoms with van der Waals surface area (Å²) in [5.74, 6) is 0.480. The van der Waals surface area contributed by atoms with Crippen LogP contribution in [0.5, 0.6) is 0 Å². The van der Waals surface area contributed by atoms with E-state index in [2.05, 4.69) is 0 Å². The summed E-state index contributed by atoms with van der Waals surface area (Å²) in [6, 6.07) is 3.34. The molecule has 4 nitrogen and oxygen atoms in total. The summed E-state index contributed by atoms with van der Waals surface area (Å²) in [6.07, 6.45) is 1.90. The van der Waals surface area contributed by atoms with E-state index in [1.807, 2.05) is 6.92 Å². The molecular weight excluding hydrogens is 194 g/mol. The minimum atomic E-state index is -0.419. The van der Waals surface area contributed by atoms with Gasteiger partial charge in [0.1, 0.15) is 0 Å². The second kappa shape index (κ2) is 4.06. The lowest BCUT2D eigenvalue weighted by Gasteiger charge is -2.33. The van der Waals surface area contributed by atoms with Crippen molar-refractivity contribution < 1.29 is 14.3 Å². The van der Waals surface area contributed by atoms with Crippen LogP contribution in [0.1, 0.15) is 23.9 Å². The highest BCUT2D eigenvalue weighted by atomic mass is 16.3. The molecule has 0 spiro atoms. The molecule has 0 aromatic carbocycles. The van der Waals surface area contributed by atoms with Crippen molar-refractivity contribution in [3.8, 4) is 0 Å². The molecule has 4 heteroatoms. The minimum Gasteiger partial charge on any atom is -0.459 e. The van der Waals surface area contributed by atoms with Gasteiger partial charge in [-0.1, -0.05) is 6.92 Å². The Morgan fingerprint density at radius 1 is 1.67 bits per heavy atom. The molecule has 0 saturated carbocycles. The molecule has 0 radical (unpaired) electrons. The minimum absolute atomic E-state index is 0.133. The highest BCUT2D eigenvalue weighted by Crippen LogP contribution is 2.18. The van der Waals surface area contributed by atoms with Crippen molar-refractivity contribution in [1.82, 2.24) is 4.90 Å². The lowest BCUT2D eigenvalue weighted by atomic mass is 9.96. The fraction of sp³-hybridized carbons (Fsp3) is 0.545. The van der Waals surface area contributed by atoms with E-state index in [1.165, 1.54) is 6.26 Å². The van der Waals surface area contributed by atoms with Crippen molar-refractivity contribution in [2.24, 2.45) is 5.92 Å². The molecule has 2 atom stereocenters. The molecule has 82 valence electrons. The Bertz CT molecular complexity index is 334. The molecule has 1 N–H and O–H groups in total. The maximum atomic E-state index is 11.8. The van der Waals surface area contributed by atoms with Crippen LogP contribution in [0.3, 0.4) is 0 Å². The lowest BCUT2D eigenvalue weighted by molar-refractivity contribution is 0.0231. The van der Waals surface area contributed by atoms with Crippen LogP contribution in [0.4, 0.5) is 0 Å². The SMILES string of the molecule is CC1CCN(C(=O)c2ccco2)CC1O. The number of hydrogen-bond donors (Lipinski definition) is 1. The first-order valence-corrected chi connectivity index (χ1v) is 5.19. The summed E-state index contributed by atoms with van der Waals surface area (Å²) in [6.45, 7) is 3.10. The van der Waals surface area contributed by atoms with Gasteiger partial charge in [-0.15, -0.1) is 0 Å². The topological polar surface area (TPSA) is 53.7 Å². The van der Waals surface area contributed by atoms with Crippen LogP contribution >= 0.6 is 0 Å². The van der Waals surface area contributed by atoms with Crippen molar-refractivity contribution in [3.63, 3.8) is 0 Å². The van der Waals surface area contributed by atoms with Gasteiger partial charge in [-0.3, -0.25) is 4.79 Å². The van der Waals surface area contributed by atoms with Gasteiger partial charge in [-0.2, -0.15) is 0 Å². The highest BCUT2D eigenvalue weighted by molar-refractivity contribution is 5.91. The van der Waals surface area contributed by atoms with Gasteiger partial charge >= 0.3 is 0 Å². The van der Waals surface area contributed by atoms with E-state index < -0.39 is 6.10 Å². The summed E-state index contributed by atoms with van der Waals surface area (Å²) < 4.78 is 5.04. The second-order valence-electron chi connectivity index (χ2n) is 4.06. The molecular formula is C11H15NO3. The number of aliphatic hydroxyl groups is 1. The van der Waals surface area contributed by atoms with Crippen molar-refractivity contribution in [3.05, 3.63) is 24.2 Å². The third-order valence-electron chi connectivity index (χ3n) is 2.94. The molecule has 2 rings (SSSR count). The van der Waals surface area contributed by atoms with Gasteiger partial charge in [0.2, 0.25) is 0 Å². The molecule has 2 unspecified atom stereocenters. The molecule has 1 aromatic rings. The monoisotopic (exact) mass is 209 g/mol. The molecule has 1 saturated heterocycles. The van der Waals surface area contributed by atoms with E-state index in [9.17, 15) is 9.90 Å². The van der Waals surface area contributed by atoms with Gasteiger partial charge in [0.05, 0.1) is 12.4 Å². The van der Waals surface area contributed by atoms with Crippen LogP contribution in [-0.4, -0.2) is 35.1 Å². The number of aliphatic hydroxyl groups excluding tert-OH is 1. The predicted octanol–water partition coefficient (Wildman–Crippen LogP) is 1.12. The molecule has 0 bridgehead atoms. The van der Waals surface area contributed by atoms with Crippen LogP contribution < -0.4 is 0 Å². The van der Waals surface area contributed by atoms with E-state index in [0.717, 1.165) is 6.42 Å². The number of carbonyl (C=O) groups is 1. The summed E-state index contributed by atoms with van der Waals surface area (Å²) in [5, 5.41) is 9.67. The lowest BCUT2D eigenvalue weighted by Crippen LogP contribution is -2.45. The van der Waals surface area contributed by atoms with Crippen molar-refractivity contribution >= 4 is 5.91 Å². The third kappa shape index (κ3) is 2.04. The normalized spacial score (nSPS) is 26.7. The van der Waals surface area contributed by atoms with Crippen LogP contribution in [0, 0.1) is 5.92 Å². The molecule has 1 aliphatic rings. The zero-order valence-corrected chi connectivity index (χ0v) is 8.72. The van der Waals surface area contributed by atoms with E-state index in [4.69, 9.17) is 4.42 Å². The molecule has 1 fully saturated rings. The Balaban J connectivity index is 2.03. The van der Waals surface area contributed by atoms with E-state index in [1.54, 1.807) is 17.0 Å². The smallest absolute Gasteiger partial charge is 0.289 e. The quantitative estimate of drug-likeness (QED) is 0.754. The predicted molar refractivity (Wildman–Crippen MR) is 54.4 cm³/mol. The fourth-order valence-electron chi connectivity index (χ4n) is 1.79. The zero-order chi connectivity index (χ0) is 10.8. The van der Waals surface area contributed by atoms with Gasteiger partial charge < -0.3 is 14.4 Å². The van der Waals surface area contributed by atoms with Gasteiger partial charge in [0.15, 0.2) is 5.76 Å². The Labute approximate surface area is 88.5 Å². The number of amides is 1. The average Bonchev–Trinajstić information content (AvgIpc) is 2.74. The molecule has 2 heterocycles. The second-order valence-corrected chi connectivity index (χ2v) is 4.06. The number of carbonyl (C=O) groups excluding carboxylic acids is 1. The molecule has 0 aliphatic carbocycles. The summed E-state index contributed by atoms with van der Waals surface area (Å²) in [4.78, 5) is 13.5. The average molecular weight is 209 g/mol. The first-order chi connectivity index (χ1) is 7.18. The summed E-state index contributed by atoms with van der Waals surface area (Å²) in [7, 11) is 0. The van der Waals surface area contributed by atoms with E-state index in [-0.39, 0.29) is 11.8 Å². The fourth-order valence-corrected chi connectivity index (χ4v) is 1.79. The number of nitrogens with zero attached hydrogens (tertiary/aromatic N) is 1. The van der Waals surface area contributed by atoms with Crippen LogP contribution in [-0.2, 0) is 0 Å². The number of rotatable bonds is 1. The van der Waals surface area contributed by atoms with Crippen LogP contribution in [0.2, 0.25) is 0 Å². The molecule has 1 aliphatic heterocycles. The van der Waals surface area contributed by atoms with Crippen molar-refractivity contribution in [2.75, 3.05) is 13.1 Å². The van der Waals surface area contributed by atoms with Crippen molar-refractivity contribution in [2.45, 2.75) is 19.4 Å². The Morgan fingerprint density at radius 2 is 2.47 bits per heavy atom. The maximum Gasteiger partial charge on any atom is 0.289 e. The van der Waals surface area contributed by atoms with Gasteiger partial charge in [0.25, 0.3) is 5.91 Å². The van der Waals surface area contributed by atoms with Crippen LogP contribution in [0.15, 0.2) is 22.8 Å². The number of furan rings is 1. The highest BCUT2D eigenvalue weighted by Gasteiger charge is 2.28. The number of likely N-dealkylation sites (tertiary alicyclic amines) is 1. The number of β-amino-alcohol motifs (C(OH)–C–C–N with tert-alkyl or cyclic N) is 1. The summed E-state index contributed by atoms with van der Waals surface area (Å²) in [5.41, 5.74) is 0. The Morgan fingerprint density at radius 3 is 3.07 bits per heavy atom. The zero-order valence-electron chi connectivity index (χ0n) is 8.72. The third-order valence-corrected chi connectivity index (χ3v) is 2.94. The number of hydrogen-bond acceptors (Lipinski definition) is 3. The van der Waals surface area contributed by atoms with E-state index >= 15 is 0 Å². The summed E-state index contributed by atoms with van der Waals surface area (Å²) >= 11 is 0. The van der Waals surface area contributed by atoms with Crippen LogP contribution in [0.25, 0.3) is 0 Å². The Kier molecular flexibility index (Phi) is 2.77.